The number of aromatic nitrogens is 4. The number of sulfonamides is 1. The van der Waals surface area contributed by atoms with Gasteiger partial charge < -0.3 is 4.98 Å². The summed E-state index contributed by atoms with van der Waals surface area (Å²) < 4.78 is 30.6. The van der Waals surface area contributed by atoms with Crippen molar-refractivity contribution >= 4 is 26.7 Å². The van der Waals surface area contributed by atoms with Crippen LogP contribution >= 0.6 is 0 Å². The molecular weight excluding hydrogens is 398 g/mol. The van der Waals surface area contributed by atoms with Crippen LogP contribution < -0.4 is 4.72 Å². The van der Waals surface area contributed by atoms with E-state index in [9.17, 15) is 8.42 Å². The van der Waals surface area contributed by atoms with Gasteiger partial charge in [-0.3, -0.25) is 4.40 Å². The van der Waals surface area contributed by atoms with Gasteiger partial charge in [-0.1, -0.05) is 6.08 Å². The van der Waals surface area contributed by atoms with E-state index >= 15 is 0 Å². The summed E-state index contributed by atoms with van der Waals surface area (Å²) in [4.78, 5) is 12.9. The lowest BCUT2D eigenvalue weighted by Crippen LogP contribution is -2.58. The van der Waals surface area contributed by atoms with Crippen molar-refractivity contribution in [3.63, 3.8) is 0 Å². The number of H-pyrrole nitrogens is 1. The maximum atomic E-state index is 12.6. The zero-order valence-corrected chi connectivity index (χ0v) is 17.8. The van der Waals surface area contributed by atoms with Gasteiger partial charge >= 0.3 is 0 Å². The van der Waals surface area contributed by atoms with Gasteiger partial charge in [0.05, 0.1) is 28.2 Å². The van der Waals surface area contributed by atoms with E-state index in [2.05, 4.69) is 31.7 Å². The van der Waals surface area contributed by atoms with Gasteiger partial charge in [0, 0.05) is 23.6 Å². The summed E-state index contributed by atoms with van der Waals surface area (Å²) in [7, 11) is -3.17. The van der Waals surface area contributed by atoms with Crippen LogP contribution in [0.1, 0.15) is 62.9 Å². The topological polar surface area (TPSA) is 92.2 Å². The third-order valence-electron chi connectivity index (χ3n) is 7.63. The molecule has 0 atom stereocenters. The van der Waals surface area contributed by atoms with Crippen molar-refractivity contribution < 1.29 is 8.42 Å². The summed E-state index contributed by atoms with van der Waals surface area (Å²) in [5.74, 6) is 1.11. The summed E-state index contributed by atoms with van der Waals surface area (Å²) >= 11 is 0. The van der Waals surface area contributed by atoms with Crippen LogP contribution in [-0.2, 0) is 21.9 Å². The van der Waals surface area contributed by atoms with E-state index in [1.54, 1.807) is 0 Å². The van der Waals surface area contributed by atoms with Crippen molar-refractivity contribution in [3.8, 4) is 0 Å². The van der Waals surface area contributed by atoms with E-state index in [-0.39, 0.29) is 16.2 Å². The normalized spacial score (nSPS) is 29.1. The minimum Gasteiger partial charge on any atom is -0.345 e. The summed E-state index contributed by atoms with van der Waals surface area (Å²) in [6.07, 6.45) is 13.6. The van der Waals surface area contributed by atoms with Gasteiger partial charge in [0.2, 0.25) is 10.0 Å². The number of nitrogens with zero attached hydrogens (tertiary/aromatic N) is 3. The van der Waals surface area contributed by atoms with Gasteiger partial charge in [0.25, 0.3) is 0 Å². The molecule has 0 spiro atoms. The number of aromatic amines is 1. The second kappa shape index (κ2) is 6.17. The number of allylic oxidation sites excluding steroid dienone is 1. The van der Waals surface area contributed by atoms with Crippen molar-refractivity contribution in [1.29, 1.82) is 0 Å². The highest BCUT2D eigenvalue weighted by atomic mass is 32.2. The first-order chi connectivity index (χ1) is 14.5. The molecule has 4 aliphatic carbocycles. The average Bonchev–Trinajstić information content (AvgIpc) is 3.39. The molecule has 0 aromatic carbocycles. The van der Waals surface area contributed by atoms with Gasteiger partial charge in [0.1, 0.15) is 5.82 Å². The standard InChI is InChI=1S/C22H27N5O2S/c1-2-3-16-18-14-24-19-17(6-13-23-19)27(18)20(25-16)21-7-10-22(11-8-21,12-9-21)26-30(28,29)15-4-5-15/h2,6,13-15,23,26H,1,3-5,7-12H2. The fraction of sp³-hybridized carbons (Fsp3) is 0.545. The zero-order chi connectivity index (χ0) is 20.6. The van der Waals surface area contributed by atoms with Crippen LogP contribution in [0.25, 0.3) is 16.7 Å². The fourth-order valence-corrected chi connectivity index (χ4v) is 7.53. The molecule has 4 saturated carbocycles. The fourth-order valence-electron chi connectivity index (χ4n) is 5.70. The largest absolute Gasteiger partial charge is 0.345 e. The highest BCUT2D eigenvalue weighted by Crippen LogP contribution is 2.54. The molecule has 158 valence electrons. The van der Waals surface area contributed by atoms with Crippen molar-refractivity contribution in [2.75, 3.05) is 0 Å². The van der Waals surface area contributed by atoms with Crippen molar-refractivity contribution in [3.05, 3.63) is 42.6 Å². The molecule has 0 radical (unpaired) electrons. The van der Waals surface area contributed by atoms with E-state index in [0.717, 1.165) is 79.6 Å². The van der Waals surface area contributed by atoms with Crippen molar-refractivity contribution in [1.82, 2.24) is 24.1 Å². The Kier molecular flexibility index (Phi) is 3.82. The molecule has 30 heavy (non-hydrogen) atoms. The predicted molar refractivity (Wildman–Crippen MR) is 116 cm³/mol. The Morgan fingerprint density at radius 3 is 2.60 bits per heavy atom. The van der Waals surface area contributed by atoms with E-state index < -0.39 is 10.0 Å². The smallest absolute Gasteiger partial charge is 0.214 e. The first kappa shape index (κ1) is 18.6. The lowest BCUT2D eigenvalue weighted by molar-refractivity contribution is 0.0885. The highest BCUT2D eigenvalue weighted by molar-refractivity contribution is 7.90. The Labute approximate surface area is 176 Å². The average molecular weight is 426 g/mol. The number of imidazole rings is 1. The summed E-state index contributed by atoms with van der Waals surface area (Å²) in [5, 5.41) is -0.160. The Hall–Kier alpha value is -2.19. The van der Waals surface area contributed by atoms with Crippen LogP contribution in [0.4, 0.5) is 0 Å². The van der Waals surface area contributed by atoms with Crippen LogP contribution in [-0.4, -0.2) is 38.6 Å². The molecular formula is C22H27N5O2S. The van der Waals surface area contributed by atoms with Crippen molar-refractivity contribution in [2.24, 2.45) is 0 Å². The Balaban J connectivity index is 1.40. The molecule has 3 aromatic heterocycles. The minimum absolute atomic E-state index is 0.0132. The predicted octanol–water partition coefficient (Wildman–Crippen LogP) is 3.37. The third-order valence-corrected chi connectivity index (χ3v) is 9.70. The molecule has 2 N–H and O–H groups in total. The lowest BCUT2D eigenvalue weighted by atomic mass is 9.57. The SMILES string of the molecule is C=CCc1nc(C23CCC(NS(=O)(=O)C4CC4)(CC2)CC3)n2c1cnc1[nH]ccc12. The highest BCUT2D eigenvalue weighted by Gasteiger charge is 2.54. The molecule has 7 nitrogen and oxygen atoms in total. The number of hydrogen-bond acceptors (Lipinski definition) is 4. The van der Waals surface area contributed by atoms with Gasteiger partial charge in [-0.25, -0.2) is 23.1 Å². The maximum absolute atomic E-state index is 12.6. The second-order valence-corrected chi connectivity index (χ2v) is 11.4. The third kappa shape index (κ3) is 2.62. The van der Waals surface area contributed by atoms with Crippen LogP contribution in [0.15, 0.2) is 31.1 Å². The lowest BCUT2D eigenvalue weighted by Gasteiger charge is -2.52. The number of rotatable bonds is 6. The van der Waals surface area contributed by atoms with E-state index in [1.165, 1.54) is 0 Å². The maximum Gasteiger partial charge on any atom is 0.214 e. The van der Waals surface area contributed by atoms with Crippen LogP contribution in [0.3, 0.4) is 0 Å². The molecule has 7 rings (SSSR count). The van der Waals surface area contributed by atoms with Gasteiger partial charge in [0.15, 0.2) is 5.65 Å². The molecule has 2 bridgehead atoms. The van der Waals surface area contributed by atoms with Crippen LogP contribution in [0.5, 0.6) is 0 Å². The van der Waals surface area contributed by atoms with Crippen LogP contribution in [0.2, 0.25) is 0 Å². The molecule has 3 heterocycles. The first-order valence-corrected chi connectivity index (χ1v) is 12.5. The van der Waals surface area contributed by atoms with E-state index in [0.29, 0.717) is 6.42 Å². The number of fused-ring (bicyclic) bond motifs is 6. The first-order valence-electron chi connectivity index (χ1n) is 10.9. The van der Waals surface area contributed by atoms with Gasteiger partial charge in [-0.15, -0.1) is 6.58 Å². The molecule has 4 aliphatic rings. The number of hydrogen-bond donors (Lipinski definition) is 2. The molecule has 8 heteroatoms. The molecule has 0 amide bonds. The van der Waals surface area contributed by atoms with Crippen molar-refractivity contribution in [2.45, 2.75) is 74.0 Å². The summed E-state index contributed by atoms with van der Waals surface area (Å²) in [6.45, 7) is 3.90. The minimum atomic E-state index is -3.17. The van der Waals surface area contributed by atoms with Gasteiger partial charge in [-0.05, 0) is 57.4 Å². The Morgan fingerprint density at radius 2 is 1.93 bits per heavy atom. The van der Waals surface area contributed by atoms with Crippen LogP contribution in [0, 0.1) is 0 Å². The van der Waals surface area contributed by atoms with E-state index in [4.69, 9.17) is 4.98 Å². The zero-order valence-electron chi connectivity index (χ0n) is 17.0. The summed E-state index contributed by atoms with van der Waals surface area (Å²) in [6, 6.07) is 2.06. The molecule has 3 aromatic rings. The molecule has 4 fully saturated rings. The number of nitrogens with one attached hydrogen (secondary N) is 2. The Bertz CT molecular complexity index is 1240. The molecule has 0 aliphatic heterocycles. The Morgan fingerprint density at radius 1 is 1.20 bits per heavy atom. The quantitative estimate of drug-likeness (QED) is 0.592. The second-order valence-electron chi connectivity index (χ2n) is 9.47. The monoisotopic (exact) mass is 425 g/mol. The van der Waals surface area contributed by atoms with Gasteiger partial charge in [-0.2, -0.15) is 0 Å². The summed E-state index contributed by atoms with van der Waals surface area (Å²) in [5.41, 5.74) is 3.70. The molecule has 0 unspecified atom stereocenters. The van der Waals surface area contributed by atoms with E-state index in [1.807, 2.05) is 18.5 Å². The molecule has 0 saturated heterocycles.